The van der Waals surface area contributed by atoms with Gasteiger partial charge in [-0.2, -0.15) is 0 Å². The molecule has 1 aromatic heterocycles. The summed E-state index contributed by atoms with van der Waals surface area (Å²) in [5.74, 6) is 0.571. The van der Waals surface area contributed by atoms with Gasteiger partial charge in [0.15, 0.2) is 0 Å². The molecule has 1 fully saturated rings. The Morgan fingerprint density at radius 2 is 1.65 bits per heavy atom. The zero-order chi connectivity index (χ0) is 22.0. The van der Waals surface area contributed by atoms with Crippen molar-refractivity contribution in [2.75, 3.05) is 58.0 Å². The molecule has 3 aromatic rings. The molecule has 1 aliphatic heterocycles. The molecule has 1 saturated heterocycles. The molecule has 0 radical (unpaired) electrons. The minimum absolute atomic E-state index is 0.0808. The highest BCUT2D eigenvalue weighted by atomic mass is 16.2. The van der Waals surface area contributed by atoms with E-state index in [4.69, 9.17) is 5.73 Å². The van der Waals surface area contributed by atoms with Gasteiger partial charge in [-0.3, -0.25) is 4.79 Å². The molecule has 1 aliphatic rings. The number of nitrogens with two attached hydrogens (primary N) is 1. The summed E-state index contributed by atoms with van der Waals surface area (Å²) < 4.78 is 0. The summed E-state index contributed by atoms with van der Waals surface area (Å²) in [7, 11) is 6.11. The molecule has 6 heteroatoms. The minimum Gasteiger partial charge on any atom is -0.383 e. The van der Waals surface area contributed by atoms with E-state index in [1.54, 1.807) is 6.20 Å². The monoisotopic (exact) mass is 415 g/mol. The van der Waals surface area contributed by atoms with Crippen LogP contribution in [0, 0.1) is 0 Å². The lowest BCUT2D eigenvalue weighted by atomic mass is 9.99. The Kier molecular flexibility index (Phi) is 5.91. The maximum Gasteiger partial charge on any atom is 0.253 e. The van der Waals surface area contributed by atoms with Crippen LogP contribution in [0.25, 0.3) is 22.3 Å². The molecule has 0 saturated carbocycles. The molecule has 6 nitrogen and oxygen atoms in total. The van der Waals surface area contributed by atoms with Crippen molar-refractivity contribution in [2.24, 2.45) is 0 Å². The lowest BCUT2D eigenvalue weighted by molar-refractivity contribution is 0.0664. The van der Waals surface area contributed by atoms with E-state index in [0.717, 1.165) is 54.1 Å². The van der Waals surface area contributed by atoms with Crippen molar-refractivity contribution < 1.29 is 4.79 Å². The fourth-order valence-electron chi connectivity index (χ4n) is 3.84. The molecule has 2 heterocycles. The zero-order valence-electron chi connectivity index (χ0n) is 18.4. The third-order valence-electron chi connectivity index (χ3n) is 5.83. The molecule has 2 aromatic carbocycles. The number of nitrogen functional groups attached to an aromatic ring is 1. The van der Waals surface area contributed by atoms with Crippen molar-refractivity contribution in [1.82, 2.24) is 14.8 Å². The molecule has 160 valence electrons. The molecule has 4 rings (SSSR count). The van der Waals surface area contributed by atoms with Crippen LogP contribution in [0.1, 0.15) is 10.4 Å². The Morgan fingerprint density at radius 1 is 0.935 bits per heavy atom. The van der Waals surface area contributed by atoms with Gasteiger partial charge >= 0.3 is 0 Å². The second kappa shape index (κ2) is 8.78. The van der Waals surface area contributed by atoms with E-state index in [1.807, 2.05) is 55.4 Å². The molecule has 0 atom stereocenters. The molecule has 2 N–H and O–H groups in total. The Hall–Kier alpha value is -3.38. The lowest BCUT2D eigenvalue weighted by Crippen LogP contribution is -2.47. The van der Waals surface area contributed by atoms with Crippen LogP contribution in [0.3, 0.4) is 0 Å². The zero-order valence-corrected chi connectivity index (χ0v) is 18.4. The van der Waals surface area contributed by atoms with Crippen molar-refractivity contribution >= 4 is 17.4 Å². The number of amides is 1. The molecule has 31 heavy (non-hydrogen) atoms. The van der Waals surface area contributed by atoms with Gasteiger partial charge in [0.25, 0.3) is 5.91 Å². The summed E-state index contributed by atoms with van der Waals surface area (Å²) in [4.78, 5) is 23.7. The van der Waals surface area contributed by atoms with Crippen LogP contribution in [-0.2, 0) is 0 Å². The fourth-order valence-corrected chi connectivity index (χ4v) is 3.84. The maximum atomic E-state index is 13.0. The Morgan fingerprint density at radius 3 is 2.39 bits per heavy atom. The molecule has 0 spiro atoms. The maximum absolute atomic E-state index is 13.0. The standard InChI is InChI=1S/C25H29N5O/c1-28(2)22-9-5-7-19(15-22)23-16-21(17-27-24(23)26)18-6-4-8-20(14-18)25(31)30-12-10-29(3)11-13-30/h4-9,14-17H,10-13H2,1-3H3,(H2,26,27). The Balaban J connectivity index is 1.65. The van der Waals surface area contributed by atoms with E-state index in [9.17, 15) is 4.79 Å². The van der Waals surface area contributed by atoms with Crippen LogP contribution in [0.15, 0.2) is 60.8 Å². The first-order valence-corrected chi connectivity index (χ1v) is 10.5. The molecule has 0 unspecified atom stereocenters. The Labute approximate surface area is 183 Å². The summed E-state index contributed by atoms with van der Waals surface area (Å²) >= 11 is 0. The number of piperazine rings is 1. The minimum atomic E-state index is 0.0808. The van der Waals surface area contributed by atoms with E-state index in [2.05, 4.69) is 40.0 Å². The molecular weight excluding hydrogens is 386 g/mol. The van der Waals surface area contributed by atoms with Gasteiger partial charge in [-0.05, 0) is 48.5 Å². The number of carbonyl (C=O) groups excluding carboxylic acids is 1. The summed E-state index contributed by atoms with van der Waals surface area (Å²) in [5.41, 5.74) is 11.8. The highest BCUT2D eigenvalue weighted by molar-refractivity contribution is 5.95. The molecule has 1 amide bonds. The van der Waals surface area contributed by atoms with Crippen LogP contribution in [0.2, 0.25) is 0 Å². The molecule has 0 bridgehead atoms. The highest BCUT2D eigenvalue weighted by Crippen LogP contribution is 2.31. The van der Waals surface area contributed by atoms with Crippen LogP contribution in [0.5, 0.6) is 0 Å². The largest absolute Gasteiger partial charge is 0.383 e. The summed E-state index contributed by atoms with van der Waals surface area (Å²) in [6.07, 6.45) is 1.77. The highest BCUT2D eigenvalue weighted by Gasteiger charge is 2.20. The topological polar surface area (TPSA) is 65.7 Å². The lowest BCUT2D eigenvalue weighted by Gasteiger charge is -2.32. The van der Waals surface area contributed by atoms with E-state index >= 15 is 0 Å². The normalized spacial score (nSPS) is 14.5. The number of rotatable bonds is 4. The van der Waals surface area contributed by atoms with Gasteiger partial charge in [-0.15, -0.1) is 0 Å². The molecule has 0 aliphatic carbocycles. The number of hydrogen-bond acceptors (Lipinski definition) is 5. The van der Waals surface area contributed by atoms with Gasteiger partial charge < -0.3 is 20.4 Å². The number of aromatic nitrogens is 1. The van der Waals surface area contributed by atoms with E-state index in [-0.39, 0.29) is 5.91 Å². The average Bonchev–Trinajstić information content (AvgIpc) is 2.79. The quantitative estimate of drug-likeness (QED) is 0.707. The average molecular weight is 416 g/mol. The number of anilines is 2. The summed E-state index contributed by atoms with van der Waals surface area (Å²) in [5, 5.41) is 0. The first kappa shape index (κ1) is 20.9. The van der Waals surface area contributed by atoms with Crippen molar-refractivity contribution in [3.63, 3.8) is 0 Å². The van der Waals surface area contributed by atoms with Gasteiger partial charge in [0, 0.05) is 68.8 Å². The van der Waals surface area contributed by atoms with Gasteiger partial charge in [0.2, 0.25) is 0 Å². The van der Waals surface area contributed by atoms with Crippen molar-refractivity contribution in [2.45, 2.75) is 0 Å². The van der Waals surface area contributed by atoms with Crippen LogP contribution < -0.4 is 10.6 Å². The number of pyridine rings is 1. The van der Waals surface area contributed by atoms with Gasteiger partial charge in [0.05, 0.1) is 0 Å². The predicted octanol–water partition coefficient (Wildman–Crippen LogP) is 3.45. The first-order valence-electron chi connectivity index (χ1n) is 10.5. The van der Waals surface area contributed by atoms with Crippen LogP contribution >= 0.6 is 0 Å². The van der Waals surface area contributed by atoms with Gasteiger partial charge in [-0.1, -0.05) is 24.3 Å². The van der Waals surface area contributed by atoms with E-state index < -0.39 is 0 Å². The Bertz CT molecular complexity index is 1090. The summed E-state index contributed by atoms with van der Waals surface area (Å²) in [6.45, 7) is 3.33. The number of carbonyl (C=O) groups is 1. The van der Waals surface area contributed by atoms with Gasteiger partial charge in [-0.25, -0.2) is 4.98 Å². The SMILES string of the molecule is CN1CCN(C(=O)c2cccc(-c3cnc(N)c(-c4cccc(N(C)C)c4)c3)c2)CC1. The number of hydrogen-bond donors (Lipinski definition) is 1. The number of likely N-dealkylation sites (N-methyl/N-ethyl adjacent to an activating group) is 1. The predicted molar refractivity (Wildman–Crippen MR) is 127 cm³/mol. The van der Waals surface area contributed by atoms with Gasteiger partial charge in [0.1, 0.15) is 5.82 Å². The fraction of sp³-hybridized carbons (Fsp3) is 0.280. The van der Waals surface area contributed by atoms with E-state index in [1.165, 1.54) is 0 Å². The van der Waals surface area contributed by atoms with Crippen molar-refractivity contribution in [3.8, 4) is 22.3 Å². The van der Waals surface area contributed by atoms with Crippen molar-refractivity contribution in [3.05, 3.63) is 66.4 Å². The first-order chi connectivity index (χ1) is 14.9. The second-order valence-electron chi connectivity index (χ2n) is 8.28. The third-order valence-corrected chi connectivity index (χ3v) is 5.83. The summed E-state index contributed by atoms with van der Waals surface area (Å²) in [6, 6.07) is 18.1. The van der Waals surface area contributed by atoms with Crippen molar-refractivity contribution in [1.29, 1.82) is 0 Å². The van der Waals surface area contributed by atoms with Crippen LogP contribution in [-0.4, -0.2) is 68.0 Å². The smallest absolute Gasteiger partial charge is 0.253 e. The third kappa shape index (κ3) is 4.54. The van der Waals surface area contributed by atoms with Crippen LogP contribution in [0.4, 0.5) is 11.5 Å². The van der Waals surface area contributed by atoms with E-state index in [0.29, 0.717) is 11.4 Å². The number of nitrogens with zero attached hydrogens (tertiary/aromatic N) is 4. The molecular formula is C25H29N5O. The number of benzene rings is 2. The second-order valence-corrected chi connectivity index (χ2v) is 8.28.